The maximum atomic E-state index is 11.7. The molecule has 1 aromatic heterocycles. The van der Waals surface area contributed by atoms with Crippen LogP contribution in [0.5, 0.6) is 0 Å². The molecule has 0 aliphatic heterocycles. The number of nitrogens with zero attached hydrogens (tertiary/aromatic N) is 3. The number of aromatic nitrogens is 2. The van der Waals surface area contributed by atoms with E-state index >= 15 is 0 Å². The van der Waals surface area contributed by atoms with Gasteiger partial charge in [-0.3, -0.25) is 19.3 Å². The molecule has 0 radical (unpaired) electrons. The number of carbonyl (C=O) groups excluding carboxylic acids is 1. The van der Waals surface area contributed by atoms with Crippen LogP contribution in [0.1, 0.15) is 18.3 Å². The zero-order chi connectivity index (χ0) is 18.4. The average Bonchev–Trinajstić information content (AvgIpc) is 2.80. The van der Waals surface area contributed by atoms with E-state index in [0.29, 0.717) is 6.54 Å². The van der Waals surface area contributed by atoms with Gasteiger partial charge in [0.2, 0.25) is 5.91 Å². The number of rotatable bonds is 5. The second-order valence-corrected chi connectivity index (χ2v) is 4.75. The Morgan fingerprint density at radius 1 is 1.35 bits per heavy atom. The molecule has 1 aromatic rings. The van der Waals surface area contributed by atoms with E-state index in [0.717, 1.165) is 17.9 Å². The van der Waals surface area contributed by atoms with Crippen molar-refractivity contribution in [3.05, 3.63) is 17.7 Å². The fraction of sp³-hybridized carbons (Fsp3) is 0.571. The van der Waals surface area contributed by atoms with Crippen LogP contribution in [0.25, 0.3) is 0 Å². The van der Waals surface area contributed by atoms with Crippen molar-refractivity contribution in [2.24, 2.45) is 0 Å². The van der Waals surface area contributed by atoms with Gasteiger partial charge in [0.1, 0.15) is 0 Å². The molecular formula is C14H26N4O5. The first-order valence-electron chi connectivity index (χ1n) is 6.84. The number of imidazole rings is 1. The number of amides is 1. The van der Waals surface area contributed by atoms with Crippen LogP contribution in [0, 0.1) is 13.8 Å². The molecule has 3 N–H and O–H groups in total. The molecule has 9 nitrogen and oxygen atoms in total. The van der Waals surface area contributed by atoms with E-state index in [1.54, 1.807) is 0 Å². The second-order valence-electron chi connectivity index (χ2n) is 4.75. The van der Waals surface area contributed by atoms with E-state index in [1.807, 2.05) is 46.1 Å². The van der Waals surface area contributed by atoms with Crippen LogP contribution in [-0.4, -0.2) is 70.2 Å². The van der Waals surface area contributed by atoms with Crippen molar-refractivity contribution in [1.29, 1.82) is 0 Å². The van der Waals surface area contributed by atoms with Crippen molar-refractivity contribution in [1.82, 2.24) is 19.8 Å². The van der Waals surface area contributed by atoms with Crippen molar-refractivity contribution in [2.45, 2.75) is 33.4 Å². The molecule has 0 spiro atoms. The Hall–Kier alpha value is -2.42. The zero-order valence-electron chi connectivity index (χ0n) is 14.2. The van der Waals surface area contributed by atoms with E-state index in [4.69, 9.17) is 19.8 Å². The fourth-order valence-corrected chi connectivity index (χ4v) is 1.45. The molecule has 9 heteroatoms. The molecule has 0 saturated carbocycles. The van der Waals surface area contributed by atoms with E-state index in [9.17, 15) is 4.79 Å². The summed E-state index contributed by atoms with van der Waals surface area (Å²) in [7, 11) is 3.79. The van der Waals surface area contributed by atoms with E-state index in [-0.39, 0.29) is 24.9 Å². The van der Waals surface area contributed by atoms with Crippen LogP contribution in [0.4, 0.5) is 0 Å². The summed E-state index contributed by atoms with van der Waals surface area (Å²) >= 11 is 0. The lowest BCUT2D eigenvalue weighted by Crippen LogP contribution is -2.42. The Bertz CT molecular complexity index is 468. The number of nitrogens with one attached hydrogen (secondary N) is 1. The molecule has 1 rings (SSSR count). The highest BCUT2D eigenvalue weighted by Crippen LogP contribution is 2.03. The van der Waals surface area contributed by atoms with Crippen molar-refractivity contribution in [3.63, 3.8) is 0 Å². The summed E-state index contributed by atoms with van der Waals surface area (Å²) in [6.07, 6.45) is 1.81. The summed E-state index contributed by atoms with van der Waals surface area (Å²) in [6, 6.07) is -0.0966. The standard InChI is InChI=1S/C12H22N4O.2CH2O2/c1-9-10(2)16(8-14-9)7-6-13-12(17)11(3)15(4)5;2*2-1-3/h8,11H,6-7H2,1-5H3,(H,13,17);2*1H,(H,2,3). The highest BCUT2D eigenvalue weighted by molar-refractivity contribution is 5.81. The molecule has 1 amide bonds. The summed E-state index contributed by atoms with van der Waals surface area (Å²) in [6.45, 7) is 6.80. The Morgan fingerprint density at radius 2 is 1.83 bits per heavy atom. The number of hydrogen-bond acceptors (Lipinski definition) is 5. The predicted molar refractivity (Wildman–Crippen MR) is 85.2 cm³/mol. The molecule has 132 valence electrons. The number of likely N-dealkylation sites (N-methyl/N-ethyl adjacent to an activating group) is 1. The lowest BCUT2D eigenvalue weighted by atomic mass is 10.3. The van der Waals surface area contributed by atoms with Crippen LogP contribution >= 0.6 is 0 Å². The highest BCUT2D eigenvalue weighted by Gasteiger charge is 2.13. The lowest BCUT2D eigenvalue weighted by molar-refractivity contribution is -0.125. The van der Waals surface area contributed by atoms with Crippen LogP contribution in [-0.2, 0) is 20.9 Å². The van der Waals surface area contributed by atoms with E-state index in [2.05, 4.69) is 14.9 Å². The van der Waals surface area contributed by atoms with Crippen molar-refractivity contribution < 1.29 is 24.6 Å². The minimum absolute atomic E-state index is 0.0597. The van der Waals surface area contributed by atoms with E-state index < -0.39 is 0 Å². The van der Waals surface area contributed by atoms with Gasteiger partial charge in [0.25, 0.3) is 12.9 Å². The van der Waals surface area contributed by atoms with Gasteiger partial charge in [0, 0.05) is 18.8 Å². The summed E-state index contributed by atoms with van der Waals surface area (Å²) in [5, 5.41) is 16.7. The predicted octanol–water partition coefficient (Wildman–Crippen LogP) is -0.0322. The number of aryl methyl sites for hydroxylation is 1. The van der Waals surface area contributed by atoms with Gasteiger partial charge < -0.3 is 20.1 Å². The maximum Gasteiger partial charge on any atom is 0.290 e. The first-order chi connectivity index (χ1) is 10.8. The van der Waals surface area contributed by atoms with Crippen LogP contribution in [0.2, 0.25) is 0 Å². The lowest BCUT2D eigenvalue weighted by Gasteiger charge is -2.19. The van der Waals surface area contributed by atoms with Crippen LogP contribution in [0.3, 0.4) is 0 Å². The summed E-state index contributed by atoms with van der Waals surface area (Å²) in [5.41, 5.74) is 2.19. The third-order valence-electron chi connectivity index (χ3n) is 3.15. The minimum atomic E-state index is -0.250. The SMILES string of the molecule is Cc1ncn(CCNC(=O)C(C)N(C)C)c1C.O=CO.O=CO. The summed E-state index contributed by atoms with van der Waals surface area (Å²) < 4.78 is 2.05. The molecular weight excluding hydrogens is 304 g/mol. The normalized spacial score (nSPS) is 10.5. The number of hydrogen-bond donors (Lipinski definition) is 3. The molecule has 0 aliphatic rings. The minimum Gasteiger partial charge on any atom is -0.483 e. The summed E-state index contributed by atoms with van der Waals surface area (Å²) in [5.74, 6) is 0.0597. The molecule has 0 saturated heterocycles. The second kappa shape index (κ2) is 13.3. The van der Waals surface area contributed by atoms with Gasteiger partial charge in [0.15, 0.2) is 0 Å². The van der Waals surface area contributed by atoms with Gasteiger partial charge in [-0.1, -0.05) is 0 Å². The van der Waals surface area contributed by atoms with Crippen molar-refractivity contribution >= 4 is 18.9 Å². The Kier molecular flexibility index (Phi) is 13.2. The smallest absolute Gasteiger partial charge is 0.290 e. The van der Waals surface area contributed by atoms with Crippen molar-refractivity contribution in [3.8, 4) is 0 Å². The first-order valence-corrected chi connectivity index (χ1v) is 6.84. The van der Waals surface area contributed by atoms with E-state index in [1.165, 1.54) is 0 Å². The fourth-order valence-electron chi connectivity index (χ4n) is 1.45. The highest BCUT2D eigenvalue weighted by atomic mass is 16.3. The summed E-state index contributed by atoms with van der Waals surface area (Å²) in [4.78, 5) is 34.5. The quantitative estimate of drug-likeness (QED) is 0.647. The maximum absolute atomic E-state index is 11.7. The molecule has 23 heavy (non-hydrogen) atoms. The van der Waals surface area contributed by atoms with Gasteiger partial charge in [-0.25, -0.2) is 4.98 Å². The molecule has 1 heterocycles. The van der Waals surface area contributed by atoms with Gasteiger partial charge in [0.05, 0.1) is 18.1 Å². The number of carbonyl (C=O) groups is 3. The third-order valence-corrected chi connectivity index (χ3v) is 3.15. The molecule has 0 fully saturated rings. The number of carboxylic acid groups (broad SMARTS) is 2. The van der Waals surface area contributed by atoms with Gasteiger partial charge in [-0.05, 0) is 34.9 Å². The van der Waals surface area contributed by atoms with Gasteiger partial charge >= 0.3 is 0 Å². The largest absolute Gasteiger partial charge is 0.483 e. The molecule has 1 unspecified atom stereocenters. The average molecular weight is 330 g/mol. The topological polar surface area (TPSA) is 125 Å². The van der Waals surface area contributed by atoms with Crippen LogP contribution in [0.15, 0.2) is 6.33 Å². The van der Waals surface area contributed by atoms with Crippen LogP contribution < -0.4 is 5.32 Å². The van der Waals surface area contributed by atoms with Crippen molar-refractivity contribution in [2.75, 3.05) is 20.6 Å². The third kappa shape index (κ3) is 10.0. The Balaban J connectivity index is 0. The monoisotopic (exact) mass is 330 g/mol. The first kappa shape index (κ1) is 22.9. The zero-order valence-corrected chi connectivity index (χ0v) is 14.2. The molecule has 1 atom stereocenters. The molecule has 0 bridgehead atoms. The molecule has 0 aliphatic carbocycles. The van der Waals surface area contributed by atoms with Gasteiger partial charge in [-0.2, -0.15) is 0 Å². The Labute approximate surface area is 135 Å². The van der Waals surface area contributed by atoms with Gasteiger partial charge in [-0.15, -0.1) is 0 Å². The Morgan fingerprint density at radius 3 is 2.17 bits per heavy atom. The molecule has 0 aromatic carbocycles.